The van der Waals surface area contributed by atoms with Gasteiger partial charge in [-0.05, 0) is 36.5 Å². The first-order valence-electron chi connectivity index (χ1n) is 8.69. The minimum Gasteiger partial charge on any atom is -0.348 e. The highest BCUT2D eigenvalue weighted by Crippen LogP contribution is 2.22. The van der Waals surface area contributed by atoms with Crippen LogP contribution in [0.25, 0.3) is 0 Å². The summed E-state index contributed by atoms with van der Waals surface area (Å²) >= 11 is 0. The third kappa shape index (κ3) is 4.13. The van der Waals surface area contributed by atoms with Crippen LogP contribution in [0.1, 0.15) is 54.2 Å². The maximum absolute atomic E-state index is 13.0. The van der Waals surface area contributed by atoms with Crippen LogP contribution in [0.4, 0.5) is 10.3 Å². The molecule has 1 aliphatic heterocycles. The zero-order chi connectivity index (χ0) is 17.8. The molecule has 5 nitrogen and oxygen atoms in total. The van der Waals surface area contributed by atoms with Gasteiger partial charge in [0, 0.05) is 25.8 Å². The Bertz CT molecular complexity index is 740. The predicted molar refractivity (Wildman–Crippen MR) is 95.1 cm³/mol. The molecule has 0 aliphatic carbocycles. The van der Waals surface area contributed by atoms with Gasteiger partial charge in [-0.3, -0.25) is 4.79 Å². The third-order valence-electron chi connectivity index (χ3n) is 4.35. The van der Waals surface area contributed by atoms with E-state index >= 15 is 0 Å². The molecule has 0 atom stereocenters. The number of hydrogen-bond donors (Lipinski definition) is 1. The van der Waals surface area contributed by atoms with Crippen molar-refractivity contribution in [2.45, 2.75) is 39.2 Å². The van der Waals surface area contributed by atoms with E-state index in [-0.39, 0.29) is 17.6 Å². The van der Waals surface area contributed by atoms with Crippen molar-refractivity contribution in [1.29, 1.82) is 0 Å². The largest absolute Gasteiger partial charge is 0.348 e. The Labute approximate surface area is 147 Å². The van der Waals surface area contributed by atoms with E-state index in [0.29, 0.717) is 18.1 Å². The van der Waals surface area contributed by atoms with Crippen LogP contribution in [-0.4, -0.2) is 29.0 Å². The van der Waals surface area contributed by atoms with Gasteiger partial charge in [0.1, 0.15) is 5.82 Å². The number of carbonyl (C=O) groups is 1. The molecule has 0 unspecified atom stereocenters. The summed E-state index contributed by atoms with van der Waals surface area (Å²) in [7, 11) is 0. The lowest BCUT2D eigenvalue weighted by molar-refractivity contribution is 0.0948. The predicted octanol–water partition coefficient (Wildman–Crippen LogP) is 3.27. The summed E-state index contributed by atoms with van der Waals surface area (Å²) in [4.78, 5) is 23.8. The first-order valence-corrected chi connectivity index (χ1v) is 8.69. The van der Waals surface area contributed by atoms with Crippen molar-refractivity contribution in [1.82, 2.24) is 15.3 Å². The number of nitrogens with zero attached hydrogens (tertiary/aromatic N) is 3. The first-order chi connectivity index (χ1) is 12.0. The molecule has 25 heavy (non-hydrogen) atoms. The van der Waals surface area contributed by atoms with Gasteiger partial charge >= 0.3 is 0 Å². The summed E-state index contributed by atoms with van der Waals surface area (Å²) in [5.41, 5.74) is 2.10. The molecule has 3 rings (SSSR count). The highest BCUT2D eigenvalue weighted by atomic mass is 19.1. The lowest BCUT2D eigenvalue weighted by Gasteiger charge is -2.18. The minimum atomic E-state index is -0.289. The summed E-state index contributed by atoms with van der Waals surface area (Å²) in [5, 5.41) is 2.86. The highest BCUT2D eigenvalue weighted by Gasteiger charge is 2.21. The Balaban J connectivity index is 1.75. The zero-order valence-electron chi connectivity index (χ0n) is 14.6. The average molecular weight is 342 g/mol. The normalized spacial score (nSPS) is 14.2. The Hall–Kier alpha value is -2.50. The Morgan fingerprint density at radius 1 is 1.24 bits per heavy atom. The van der Waals surface area contributed by atoms with Gasteiger partial charge in [0.05, 0.1) is 11.3 Å². The van der Waals surface area contributed by atoms with Crippen molar-refractivity contribution in [2.24, 2.45) is 0 Å². The van der Waals surface area contributed by atoms with Crippen molar-refractivity contribution in [3.05, 3.63) is 53.1 Å². The van der Waals surface area contributed by atoms with Gasteiger partial charge in [0.25, 0.3) is 5.91 Å². The van der Waals surface area contributed by atoms with E-state index in [1.165, 1.54) is 12.1 Å². The Morgan fingerprint density at radius 3 is 2.56 bits per heavy atom. The first kappa shape index (κ1) is 17.3. The molecule has 1 fully saturated rings. The van der Waals surface area contributed by atoms with Crippen LogP contribution < -0.4 is 10.2 Å². The molecule has 2 heterocycles. The topological polar surface area (TPSA) is 58.1 Å². The number of nitrogens with one attached hydrogen (secondary N) is 1. The highest BCUT2D eigenvalue weighted by molar-refractivity contribution is 5.95. The number of carbonyl (C=O) groups excluding carboxylic acids is 1. The molecule has 0 spiro atoms. The summed E-state index contributed by atoms with van der Waals surface area (Å²) < 4.78 is 13.0. The van der Waals surface area contributed by atoms with Gasteiger partial charge in [-0.15, -0.1) is 0 Å². The van der Waals surface area contributed by atoms with E-state index in [9.17, 15) is 9.18 Å². The van der Waals surface area contributed by atoms with E-state index in [1.807, 2.05) is 13.8 Å². The molecule has 6 heteroatoms. The Kier molecular flexibility index (Phi) is 5.26. The summed E-state index contributed by atoms with van der Waals surface area (Å²) in [6.07, 6.45) is 3.93. The minimum absolute atomic E-state index is 0.121. The van der Waals surface area contributed by atoms with Gasteiger partial charge in [-0.25, -0.2) is 14.4 Å². The number of aromatic nitrogens is 2. The van der Waals surface area contributed by atoms with E-state index in [1.54, 1.807) is 18.3 Å². The number of halogens is 1. The molecule has 0 saturated carbocycles. The van der Waals surface area contributed by atoms with Crippen molar-refractivity contribution in [2.75, 3.05) is 18.0 Å². The van der Waals surface area contributed by atoms with Crippen LogP contribution in [0.5, 0.6) is 0 Å². The zero-order valence-corrected chi connectivity index (χ0v) is 14.6. The summed E-state index contributed by atoms with van der Waals surface area (Å²) in [6.45, 7) is 6.31. The summed E-state index contributed by atoms with van der Waals surface area (Å²) in [6, 6.07) is 6.09. The fraction of sp³-hybridized carbons (Fsp3) is 0.421. The van der Waals surface area contributed by atoms with Gasteiger partial charge < -0.3 is 10.2 Å². The number of hydrogen-bond acceptors (Lipinski definition) is 4. The fourth-order valence-electron chi connectivity index (χ4n) is 2.95. The van der Waals surface area contributed by atoms with Crippen molar-refractivity contribution >= 4 is 11.9 Å². The van der Waals surface area contributed by atoms with Crippen LogP contribution in [0.2, 0.25) is 0 Å². The summed E-state index contributed by atoms with van der Waals surface area (Å²) in [5.74, 6) is 0.330. The van der Waals surface area contributed by atoms with E-state index in [4.69, 9.17) is 0 Å². The van der Waals surface area contributed by atoms with Crippen LogP contribution >= 0.6 is 0 Å². The number of amides is 1. The maximum Gasteiger partial charge on any atom is 0.254 e. The molecule has 1 N–H and O–H groups in total. The van der Waals surface area contributed by atoms with Crippen molar-refractivity contribution in [3.8, 4) is 0 Å². The molecule has 1 aliphatic rings. The standard InChI is InChI=1S/C19H23FN4O/c1-13(2)17-16(12-22-19(23-17)24-9-3-4-10-24)18(25)21-11-14-5-7-15(20)8-6-14/h5-8,12-13H,3-4,9-11H2,1-2H3,(H,21,25). The Morgan fingerprint density at radius 2 is 1.92 bits per heavy atom. The maximum atomic E-state index is 13.0. The second kappa shape index (κ2) is 7.59. The lowest BCUT2D eigenvalue weighted by Crippen LogP contribution is -2.27. The second-order valence-corrected chi connectivity index (χ2v) is 6.63. The molecule has 1 aromatic heterocycles. The number of anilines is 1. The van der Waals surface area contributed by atoms with E-state index < -0.39 is 0 Å². The van der Waals surface area contributed by atoms with Gasteiger partial charge in [0.15, 0.2) is 0 Å². The molecular formula is C19H23FN4O. The van der Waals surface area contributed by atoms with Gasteiger partial charge in [-0.2, -0.15) is 0 Å². The second-order valence-electron chi connectivity index (χ2n) is 6.63. The molecule has 0 bridgehead atoms. The number of rotatable bonds is 5. The smallest absolute Gasteiger partial charge is 0.254 e. The molecule has 132 valence electrons. The van der Waals surface area contributed by atoms with Gasteiger partial charge in [-0.1, -0.05) is 26.0 Å². The van der Waals surface area contributed by atoms with Crippen molar-refractivity contribution in [3.63, 3.8) is 0 Å². The molecule has 1 amide bonds. The molecule has 0 radical (unpaired) electrons. The molecular weight excluding hydrogens is 319 g/mol. The van der Waals surface area contributed by atoms with E-state index in [2.05, 4.69) is 20.2 Å². The van der Waals surface area contributed by atoms with Gasteiger partial charge in [0.2, 0.25) is 5.95 Å². The fourth-order valence-corrected chi connectivity index (χ4v) is 2.95. The monoisotopic (exact) mass is 342 g/mol. The molecule has 2 aromatic rings. The van der Waals surface area contributed by atoms with E-state index in [0.717, 1.165) is 37.2 Å². The molecule has 1 aromatic carbocycles. The quantitative estimate of drug-likeness (QED) is 0.906. The average Bonchev–Trinajstić information content (AvgIpc) is 3.15. The lowest BCUT2D eigenvalue weighted by atomic mass is 10.0. The molecule has 1 saturated heterocycles. The van der Waals surface area contributed by atoms with Crippen LogP contribution in [0.3, 0.4) is 0 Å². The third-order valence-corrected chi connectivity index (χ3v) is 4.35. The number of benzene rings is 1. The van der Waals surface area contributed by atoms with Crippen molar-refractivity contribution < 1.29 is 9.18 Å². The van der Waals surface area contributed by atoms with Crippen LogP contribution in [0, 0.1) is 5.82 Å². The van der Waals surface area contributed by atoms with Crippen LogP contribution in [0.15, 0.2) is 30.5 Å². The van der Waals surface area contributed by atoms with Crippen LogP contribution in [-0.2, 0) is 6.54 Å². The SMILES string of the molecule is CC(C)c1nc(N2CCCC2)ncc1C(=O)NCc1ccc(F)cc1.